The van der Waals surface area contributed by atoms with Crippen LogP contribution in [0.3, 0.4) is 0 Å². The molecule has 8 nitrogen and oxygen atoms in total. The summed E-state index contributed by atoms with van der Waals surface area (Å²) in [6, 6.07) is 4.15. The van der Waals surface area contributed by atoms with E-state index >= 15 is 0 Å². The summed E-state index contributed by atoms with van der Waals surface area (Å²) >= 11 is 15.3. The van der Waals surface area contributed by atoms with Gasteiger partial charge in [-0.15, -0.1) is 0 Å². The molecule has 0 atom stereocenters. The van der Waals surface area contributed by atoms with Gasteiger partial charge in [0.2, 0.25) is 0 Å². The van der Waals surface area contributed by atoms with Crippen LogP contribution in [0.15, 0.2) is 12.1 Å². The Hall–Kier alpha value is -2.54. The van der Waals surface area contributed by atoms with E-state index in [1.54, 1.807) is 0 Å². The quantitative estimate of drug-likeness (QED) is 0.167. The first-order valence-electron chi connectivity index (χ1n) is 13.2. The van der Waals surface area contributed by atoms with Gasteiger partial charge in [-0.25, -0.2) is 0 Å². The highest BCUT2D eigenvalue weighted by Gasteiger charge is 2.23. The molecule has 0 unspecified atom stereocenters. The second-order valence-corrected chi connectivity index (χ2v) is 13.7. The number of carboxylic acid groups (broad SMARTS) is 2. The summed E-state index contributed by atoms with van der Waals surface area (Å²) in [6.07, 6.45) is 0.553. The molecule has 0 aromatic carbocycles. The number of aryl methyl sites for hydroxylation is 2. The van der Waals surface area contributed by atoms with E-state index in [0.717, 1.165) is 91.0 Å². The third kappa shape index (κ3) is 5.46. The Morgan fingerprint density at radius 1 is 0.619 bits per heavy atom. The lowest BCUT2D eigenvalue weighted by molar-refractivity contribution is -0.138. The second kappa shape index (κ2) is 11.9. The molecule has 6 N–H and O–H groups in total. The fourth-order valence-electron chi connectivity index (χ4n) is 5.50. The van der Waals surface area contributed by atoms with E-state index < -0.39 is 11.9 Å². The van der Waals surface area contributed by atoms with Crippen molar-refractivity contribution in [3.05, 3.63) is 89.7 Å². The van der Waals surface area contributed by atoms with Gasteiger partial charge in [-0.3, -0.25) is 9.59 Å². The fourth-order valence-corrected chi connectivity index (χ4v) is 8.22. The number of aromatic amines is 4. The largest absolute Gasteiger partial charge is 0.481 e. The van der Waals surface area contributed by atoms with Crippen molar-refractivity contribution >= 4 is 93.6 Å². The fraction of sp³-hybridized carbons (Fsp3) is 0.267. The molecule has 5 heterocycles. The van der Waals surface area contributed by atoms with Gasteiger partial charge >= 0.3 is 11.9 Å². The predicted molar refractivity (Wildman–Crippen MR) is 178 cm³/mol. The number of fused-ring (bicyclic) bond motifs is 8. The Morgan fingerprint density at radius 3 is 1.88 bits per heavy atom. The van der Waals surface area contributed by atoms with Gasteiger partial charge in [-0.05, 0) is 150 Å². The maximum atomic E-state index is 11.6. The van der Waals surface area contributed by atoms with E-state index in [2.05, 4.69) is 95.8 Å². The van der Waals surface area contributed by atoms with Crippen molar-refractivity contribution in [3.8, 4) is 0 Å². The van der Waals surface area contributed by atoms with E-state index in [0.29, 0.717) is 17.3 Å². The van der Waals surface area contributed by atoms with Crippen LogP contribution >= 0.6 is 63.7 Å². The molecule has 8 bridgehead atoms. The van der Waals surface area contributed by atoms with Gasteiger partial charge in [0.05, 0.1) is 62.1 Å². The SMILES string of the molecule is Cc1cc2[nH]c1C(Br)=c1[nH]c(c(CCC(=O)O)c1C)=C(Br)c1[nH]c(c(C)c1CCC(=O)O)C(Br)=c1cc(C)c([nH]1)=C2Br. The summed E-state index contributed by atoms with van der Waals surface area (Å²) in [5.74, 6) is -1.77. The first-order valence-corrected chi connectivity index (χ1v) is 16.4. The molecule has 0 spiro atoms. The molecule has 220 valence electrons. The number of rotatable bonds is 6. The lowest BCUT2D eigenvalue weighted by Gasteiger charge is -2.05. The molecule has 0 amide bonds. The Bertz CT molecular complexity index is 2040. The first-order chi connectivity index (χ1) is 19.8. The van der Waals surface area contributed by atoms with Gasteiger partial charge in [-0.2, -0.15) is 0 Å². The van der Waals surface area contributed by atoms with E-state index in [1.807, 2.05) is 27.7 Å². The highest BCUT2D eigenvalue weighted by molar-refractivity contribution is 9.15. The molecule has 0 saturated heterocycles. The Balaban J connectivity index is 1.99. The van der Waals surface area contributed by atoms with Crippen LogP contribution in [0.1, 0.15) is 69.0 Å². The molecular formula is C30H28Br4N4O4. The van der Waals surface area contributed by atoms with Crippen LogP contribution in [0.25, 0.3) is 17.9 Å². The lowest BCUT2D eigenvalue weighted by atomic mass is 10.0. The number of aromatic nitrogens is 4. The number of halogens is 4. The van der Waals surface area contributed by atoms with Crippen LogP contribution < -0.4 is 21.4 Å². The van der Waals surface area contributed by atoms with Crippen LogP contribution in [0.2, 0.25) is 0 Å². The van der Waals surface area contributed by atoms with Crippen molar-refractivity contribution in [1.29, 1.82) is 0 Å². The lowest BCUT2D eigenvalue weighted by Crippen LogP contribution is -2.17. The molecule has 42 heavy (non-hydrogen) atoms. The normalized spacial score (nSPS) is 13.3. The van der Waals surface area contributed by atoms with Crippen LogP contribution in [0, 0.1) is 27.7 Å². The molecule has 0 aliphatic carbocycles. The van der Waals surface area contributed by atoms with Gasteiger partial charge in [0.25, 0.3) is 0 Å². The minimum Gasteiger partial charge on any atom is -0.481 e. The van der Waals surface area contributed by atoms with Crippen molar-refractivity contribution in [2.45, 2.75) is 53.4 Å². The monoisotopic (exact) mass is 824 g/mol. The van der Waals surface area contributed by atoms with Gasteiger partial charge in [0, 0.05) is 12.8 Å². The van der Waals surface area contributed by atoms with E-state index in [-0.39, 0.29) is 12.8 Å². The molecule has 4 aromatic rings. The van der Waals surface area contributed by atoms with E-state index in [9.17, 15) is 19.8 Å². The summed E-state index contributed by atoms with van der Waals surface area (Å²) in [7, 11) is 0. The third-order valence-corrected chi connectivity index (χ3v) is 11.0. The van der Waals surface area contributed by atoms with Crippen LogP contribution in [-0.4, -0.2) is 42.1 Å². The zero-order chi connectivity index (χ0) is 30.6. The molecule has 12 heteroatoms. The highest BCUT2D eigenvalue weighted by atomic mass is 79.9. The Morgan fingerprint density at radius 2 is 1.24 bits per heavy atom. The molecule has 0 fully saturated rings. The summed E-state index contributed by atoms with van der Waals surface area (Å²) in [6.45, 7) is 8.04. The smallest absolute Gasteiger partial charge is 0.303 e. The molecule has 0 radical (unpaired) electrons. The molecule has 1 aliphatic heterocycles. The summed E-state index contributed by atoms with van der Waals surface area (Å²) in [5, 5.41) is 22.4. The zero-order valence-electron chi connectivity index (χ0n) is 23.2. The molecular weight excluding hydrogens is 800 g/mol. The summed E-state index contributed by atoms with van der Waals surface area (Å²) < 4.78 is 3.19. The predicted octanol–water partition coefficient (Wildman–Crippen LogP) is 4.79. The van der Waals surface area contributed by atoms with E-state index in [1.165, 1.54) is 0 Å². The van der Waals surface area contributed by atoms with Crippen molar-refractivity contribution in [2.24, 2.45) is 0 Å². The van der Waals surface area contributed by atoms with Crippen molar-refractivity contribution in [2.75, 3.05) is 0 Å². The average molecular weight is 828 g/mol. The maximum Gasteiger partial charge on any atom is 0.303 e. The molecule has 0 saturated carbocycles. The topological polar surface area (TPSA) is 138 Å². The summed E-state index contributed by atoms with van der Waals surface area (Å²) in [5.41, 5.74) is 8.99. The zero-order valence-corrected chi connectivity index (χ0v) is 29.5. The highest BCUT2D eigenvalue weighted by Crippen LogP contribution is 2.33. The Kier molecular flexibility index (Phi) is 8.73. The van der Waals surface area contributed by atoms with Gasteiger partial charge in [0.15, 0.2) is 0 Å². The Labute approximate surface area is 274 Å². The van der Waals surface area contributed by atoms with Gasteiger partial charge in [0.1, 0.15) is 0 Å². The number of carboxylic acids is 2. The summed E-state index contributed by atoms with van der Waals surface area (Å²) in [4.78, 5) is 37.5. The number of H-pyrrole nitrogens is 4. The molecule has 4 aromatic heterocycles. The third-order valence-electron chi connectivity index (χ3n) is 7.76. The average Bonchev–Trinajstić information content (AvgIpc) is 3.68. The van der Waals surface area contributed by atoms with Crippen LogP contribution in [-0.2, 0) is 22.4 Å². The van der Waals surface area contributed by atoms with Crippen molar-refractivity contribution in [1.82, 2.24) is 19.9 Å². The number of aliphatic carboxylic acids is 2. The number of nitrogens with one attached hydrogen (secondary N) is 4. The first kappa shape index (κ1) is 30.9. The van der Waals surface area contributed by atoms with Gasteiger partial charge in [-0.1, -0.05) is 0 Å². The standard InChI is InChI=1S/C30H28Br4N4O4/c1-11-9-18-22(32)27-13(3)15(5-7-19(39)40)29(37-27)24(34)30-16(6-8-20(41)42)14(4)28(38-30)23(33)26-12(2)10-17(36-26)21(31)25(11)35-18/h9-10,35-38H,5-8H2,1-4H3,(H,39,40)(H,41,42). The molecule has 5 rings (SSSR count). The number of hydrogen-bond acceptors (Lipinski definition) is 2. The van der Waals surface area contributed by atoms with Gasteiger partial charge < -0.3 is 30.1 Å². The van der Waals surface area contributed by atoms with Crippen LogP contribution in [0.5, 0.6) is 0 Å². The second-order valence-electron chi connectivity index (χ2n) is 10.5. The van der Waals surface area contributed by atoms with Crippen LogP contribution in [0.4, 0.5) is 0 Å². The molecule has 1 aliphatic rings. The minimum absolute atomic E-state index is 0.0366. The van der Waals surface area contributed by atoms with Crippen molar-refractivity contribution < 1.29 is 19.8 Å². The van der Waals surface area contributed by atoms with Crippen molar-refractivity contribution in [3.63, 3.8) is 0 Å². The number of carbonyl (C=O) groups is 2. The van der Waals surface area contributed by atoms with E-state index in [4.69, 9.17) is 0 Å². The minimum atomic E-state index is -0.884. The number of hydrogen-bond donors (Lipinski definition) is 6. The maximum absolute atomic E-state index is 11.6.